The first-order valence-electron chi connectivity index (χ1n) is 7.90. The minimum absolute atomic E-state index is 0.0594. The van der Waals surface area contributed by atoms with Crippen LogP contribution >= 0.6 is 11.6 Å². The van der Waals surface area contributed by atoms with Crippen LogP contribution in [0.15, 0.2) is 54.6 Å². The van der Waals surface area contributed by atoms with E-state index >= 15 is 0 Å². The second-order valence-corrected chi connectivity index (χ2v) is 5.84. The fourth-order valence-electron chi connectivity index (χ4n) is 2.73. The summed E-state index contributed by atoms with van der Waals surface area (Å²) in [5.41, 5.74) is 2.25. The van der Waals surface area contributed by atoms with Gasteiger partial charge in [0.05, 0.1) is 11.6 Å². The third kappa shape index (κ3) is 3.54. The van der Waals surface area contributed by atoms with Crippen molar-refractivity contribution in [3.63, 3.8) is 0 Å². The molecule has 5 heteroatoms. The highest BCUT2D eigenvalue weighted by Crippen LogP contribution is 2.23. The first-order chi connectivity index (χ1) is 11.7. The Bertz CT molecular complexity index is 857. The highest BCUT2D eigenvalue weighted by Gasteiger charge is 2.09. The van der Waals surface area contributed by atoms with Gasteiger partial charge in [-0.25, -0.2) is 0 Å². The van der Waals surface area contributed by atoms with Crippen molar-refractivity contribution in [3.8, 4) is 5.75 Å². The molecule has 0 fully saturated rings. The average Bonchev–Trinajstić information content (AvgIpc) is 2.96. The Morgan fingerprint density at radius 3 is 2.71 bits per heavy atom. The lowest BCUT2D eigenvalue weighted by Gasteiger charge is -2.10. The van der Waals surface area contributed by atoms with Gasteiger partial charge in [0.25, 0.3) is 5.91 Å². The maximum absolute atomic E-state index is 12.0. The third-order valence-corrected chi connectivity index (χ3v) is 4.19. The SMILES string of the molecule is CCn1c(CNC(=O)COc2ccccc2Cl)cc2ccccc21. The van der Waals surface area contributed by atoms with Crippen molar-refractivity contribution in [3.05, 3.63) is 65.3 Å². The topological polar surface area (TPSA) is 43.3 Å². The molecule has 1 aromatic heterocycles. The normalized spacial score (nSPS) is 10.8. The van der Waals surface area contributed by atoms with Crippen LogP contribution in [-0.2, 0) is 17.9 Å². The summed E-state index contributed by atoms with van der Waals surface area (Å²) in [5, 5.41) is 4.57. The van der Waals surface area contributed by atoms with E-state index in [1.807, 2.05) is 24.3 Å². The van der Waals surface area contributed by atoms with E-state index in [0.29, 0.717) is 17.3 Å². The molecule has 0 aliphatic carbocycles. The number of carbonyl (C=O) groups is 1. The van der Waals surface area contributed by atoms with Gasteiger partial charge in [0.1, 0.15) is 5.75 Å². The number of hydrogen-bond donors (Lipinski definition) is 1. The summed E-state index contributed by atoms with van der Waals surface area (Å²) in [4.78, 5) is 12.0. The zero-order valence-corrected chi connectivity index (χ0v) is 14.2. The predicted molar refractivity (Wildman–Crippen MR) is 96.4 cm³/mol. The monoisotopic (exact) mass is 342 g/mol. The molecule has 124 valence electrons. The Labute approximate surface area is 146 Å². The van der Waals surface area contributed by atoms with Crippen molar-refractivity contribution in [2.75, 3.05) is 6.61 Å². The van der Waals surface area contributed by atoms with Crippen LogP contribution in [0.1, 0.15) is 12.6 Å². The molecular weight excluding hydrogens is 324 g/mol. The number of nitrogens with zero attached hydrogens (tertiary/aromatic N) is 1. The second kappa shape index (κ2) is 7.41. The zero-order chi connectivity index (χ0) is 16.9. The van der Waals surface area contributed by atoms with Crippen LogP contribution in [0.2, 0.25) is 5.02 Å². The van der Waals surface area contributed by atoms with Crippen molar-refractivity contribution in [1.29, 1.82) is 0 Å². The molecule has 1 heterocycles. The number of ether oxygens (including phenoxy) is 1. The Morgan fingerprint density at radius 1 is 1.17 bits per heavy atom. The van der Waals surface area contributed by atoms with E-state index < -0.39 is 0 Å². The van der Waals surface area contributed by atoms with E-state index in [0.717, 1.165) is 12.2 Å². The van der Waals surface area contributed by atoms with Gasteiger partial charge in [-0.1, -0.05) is 41.9 Å². The summed E-state index contributed by atoms with van der Waals surface area (Å²) >= 11 is 6.01. The van der Waals surface area contributed by atoms with Crippen LogP contribution in [0, 0.1) is 0 Å². The van der Waals surface area contributed by atoms with E-state index in [1.54, 1.807) is 12.1 Å². The molecule has 3 aromatic rings. The summed E-state index contributed by atoms with van der Waals surface area (Å²) in [6.07, 6.45) is 0. The summed E-state index contributed by atoms with van der Waals surface area (Å²) in [6, 6.07) is 17.4. The molecular formula is C19H19ClN2O2. The lowest BCUT2D eigenvalue weighted by Crippen LogP contribution is -2.29. The molecule has 3 rings (SSSR count). The highest BCUT2D eigenvalue weighted by atomic mass is 35.5. The van der Waals surface area contributed by atoms with Crippen molar-refractivity contribution in [2.45, 2.75) is 20.0 Å². The molecule has 0 aliphatic rings. The molecule has 0 radical (unpaired) electrons. The van der Waals surface area contributed by atoms with Crippen molar-refractivity contribution in [2.24, 2.45) is 0 Å². The summed E-state index contributed by atoms with van der Waals surface area (Å²) in [5.74, 6) is 0.333. The number of amides is 1. The molecule has 1 N–H and O–H groups in total. The molecule has 0 bridgehead atoms. The van der Waals surface area contributed by atoms with Gasteiger partial charge in [-0.15, -0.1) is 0 Å². The molecule has 0 saturated heterocycles. The summed E-state index contributed by atoms with van der Waals surface area (Å²) in [6.45, 7) is 3.36. The van der Waals surface area contributed by atoms with Gasteiger partial charge in [-0.05, 0) is 36.6 Å². The fraction of sp³-hybridized carbons (Fsp3) is 0.211. The lowest BCUT2D eigenvalue weighted by molar-refractivity contribution is -0.123. The van der Waals surface area contributed by atoms with E-state index in [9.17, 15) is 4.79 Å². The van der Waals surface area contributed by atoms with Gasteiger partial charge in [0.15, 0.2) is 6.61 Å². The average molecular weight is 343 g/mol. The quantitative estimate of drug-likeness (QED) is 0.735. The maximum atomic E-state index is 12.0. The minimum atomic E-state index is -0.178. The highest BCUT2D eigenvalue weighted by molar-refractivity contribution is 6.32. The zero-order valence-electron chi connectivity index (χ0n) is 13.5. The number of para-hydroxylation sites is 2. The van der Waals surface area contributed by atoms with Crippen LogP contribution < -0.4 is 10.1 Å². The summed E-state index contributed by atoms with van der Waals surface area (Å²) in [7, 11) is 0. The first kappa shape index (κ1) is 16.4. The molecule has 0 saturated carbocycles. The van der Waals surface area contributed by atoms with E-state index in [1.165, 1.54) is 10.9 Å². The maximum Gasteiger partial charge on any atom is 0.258 e. The number of nitrogens with one attached hydrogen (secondary N) is 1. The molecule has 24 heavy (non-hydrogen) atoms. The molecule has 2 aromatic carbocycles. The van der Waals surface area contributed by atoms with Gasteiger partial charge in [0, 0.05) is 17.8 Å². The fourth-order valence-corrected chi connectivity index (χ4v) is 2.92. The molecule has 0 unspecified atom stereocenters. The number of fused-ring (bicyclic) bond motifs is 1. The van der Waals surface area contributed by atoms with Gasteiger partial charge >= 0.3 is 0 Å². The van der Waals surface area contributed by atoms with E-state index in [2.05, 4.69) is 35.0 Å². The number of carbonyl (C=O) groups excluding carboxylic acids is 1. The van der Waals surface area contributed by atoms with Gasteiger partial charge in [-0.2, -0.15) is 0 Å². The van der Waals surface area contributed by atoms with Crippen molar-refractivity contribution in [1.82, 2.24) is 9.88 Å². The molecule has 0 aliphatic heterocycles. The van der Waals surface area contributed by atoms with E-state index in [4.69, 9.17) is 16.3 Å². The van der Waals surface area contributed by atoms with Crippen LogP contribution in [0.4, 0.5) is 0 Å². The molecule has 0 spiro atoms. The number of benzene rings is 2. The van der Waals surface area contributed by atoms with E-state index in [-0.39, 0.29) is 12.5 Å². The van der Waals surface area contributed by atoms with Crippen LogP contribution in [0.5, 0.6) is 5.75 Å². The van der Waals surface area contributed by atoms with Crippen molar-refractivity contribution < 1.29 is 9.53 Å². The van der Waals surface area contributed by atoms with Gasteiger partial charge < -0.3 is 14.6 Å². The number of aryl methyl sites for hydroxylation is 1. The van der Waals surface area contributed by atoms with Crippen LogP contribution in [-0.4, -0.2) is 17.1 Å². The number of hydrogen-bond acceptors (Lipinski definition) is 2. The lowest BCUT2D eigenvalue weighted by atomic mass is 10.2. The molecule has 1 amide bonds. The third-order valence-electron chi connectivity index (χ3n) is 3.87. The largest absolute Gasteiger partial charge is 0.482 e. The Kier molecular flexibility index (Phi) is 5.06. The second-order valence-electron chi connectivity index (χ2n) is 5.43. The Morgan fingerprint density at radius 2 is 1.92 bits per heavy atom. The van der Waals surface area contributed by atoms with Gasteiger partial charge in [-0.3, -0.25) is 4.79 Å². The molecule has 4 nitrogen and oxygen atoms in total. The Balaban J connectivity index is 1.61. The van der Waals surface area contributed by atoms with Crippen LogP contribution in [0.25, 0.3) is 10.9 Å². The number of rotatable bonds is 6. The molecule has 0 atom stereocenters. The number of aromatic nitrogens is 1. The Hall–Kier alpha value is -2.46. The predicted octanol–water partition coefficient (Wildman–Crippen LogP) is 4.01. The first-order valence-corrected chi connectivity index (χ1v) is 8.28. The smallest absolute Gasteiger partial charge is 0.258 e. The minimum Gasteiger partial charge on any atom is -0.482 e. The van der Waals surface area contributed by atoms with Gasteiger partial charge in [0.2, 0.25) is 0 Å². The van der Waals surface area contributed by atoms with Crippen LogP contribution in [0.3, 0.4) is 0 Å². The number of halogens is 1. The summed E-state index contributed by atoms with van der Waals surface area (Å²) < 4.78 is 7.65. The van der Waals surface area contributed by atoms with Crippen molar-refractivity contribution >= 4 is 28.4 Å². The standard InChI is InChI=1S/C19H19ClN2O2/c1-2-22-15(11-14-7-3-5-9-17(14)22)12-21-19(23)13-24-18-10-6-4-8-16(18)20/h3-11H,2,12-13H2,1H3,(H,21,23).